The molecule has 0 fully saturated rings. The number of rotatable bonds is 0. The van der Waals surface area contributed by atoms with Crippen molar-refractivity contribution in [3.63, 3.8) is 0 Å². The third-order valence-corrected chi connectivity index (χ3v) is 3.36. The molecule has 0 radical (unpaired) electrons. The van der Waals surface area contributed by atoms with E-state index in [4.69, 9.17) is 0 Å². The van der Waals surface area contributed by atoms with E-state index >= 15 is 0 Å². The van der Waals surface area contributed by atoms with E-state index in [1.807, 2.05) is 6.20 Å². The van der Waals surface area contributed by atoms with Gasteiger partial charge in [0.05, 0.1) is 15.7 Å². The van der Waals surface area contributed by atoms with Crippen LogP contribution in [-0.4, -0.2) is 9.97 Å². The Bertz CT molecular complexity index is 581. The first-order valence-corrected chi connectivity index (χ1v) is 5.52. The maximum atomic E-state index is 4.37. The Balaban J connectivity index is 2.59. The quantitative estimate of drug-likeness (QED) is 0.652. The molecule has 13 heavy (non-hydrogen) atoms. The number of nitrogens with zero attached hydrogens (tertiary/aromatic N) is 1. The number of halogens is 1. The molecule has 4 heteroatoms. The molecule has 3 heterocycles. The van der Waals surface area contributed by atoms with E-state index in [9.17, 15) is 0 Å². The Kier molecular flexibility index (Phi) is 1.48. The van der Waals surface area contributed by atoms with Gasteiger partial charge in [-0.3, -0.25) is 4.98 Å². The van der Waals surface area contributed by atoms with Gasteiger partial charge in [0.15, 0.2) is 0 Å². The molecule has 0 saturated carbocycles. The molecular formula is C9H5BrN2S. The monoisotopic (exact) mass is 252 g/mol. The van der Waals surface area contributed by atoms with E-state index in [-0.39, 0.29) is 0 Å². The average molecular weight is 253 g/mol. The van der Waals surface area contributed by atoms with Crippen LogP contribution in [0.3, 0.4) is 0 Å². The smallest absolute Gasteiger partial charge is 0.106 e. The Labute approximate surface area is 86.7 Å². The molecule has 1 N–H and O–H groups in total. The first-order chi connectivity index (χ1) is 6.34. The summed E-state index contributed by atoms with van der Waals surface area (Å²) in [6.07, 6.45) is 1.83. The van der Waals surface area contributed by atoms with Crippen LogP contribution in [0.5, 0.6) is 0 Å². The van der Waals surface area contributed by atoms with Crippen LogP contribution in [-0.2, 0) is 0 Å². The molecule has 0 unspecified atom stereocenters. The number of hydrogen-bond acceptors (Lipinski definition) is 2. The highest BCUT2D eigenvalue weighted by atomic mass is 79.9. The van der Waals surface area contributed by atoms with Crippen molar-refractivity contribution in [1.82, 2.24) is 9.97 Å². The fourth-order valence-corrected chi connectivity index (χ4v) is 2.64. The van der Waals surface area contributed by atoms with Crippen LogP contribution in [0.2, 0.25) is 0 Å². The SMILES string of the molecule is Brc1cnc2c(c1)[nH]c1ccsc12. The maximum Gasteiger partial charge on any atom is 0.106 e. The minimum Gasteiger partial charge on any atom is -0.352 e. The molecule has 2 nitrogen and oxygen atoms in total. The van der Waals surface area contributed by atoms with E-state index < -0.39 is 0 Å². The lowest BCUT2D eigenvalue weighted by molar-refractivity contribution is 1.39. The molecule has 3 rings (SSSR count). The number of thiophene rings is 1. The van der Waals surface area contributed by atoms with Crippen molar-refractivity contribution in [2.24, 2.45) is 0 Å². The minimum absolute atomic E-state index is 1.01. The van der Waals surface area contributed by atoms with Gasteiger partial charge in [0.2, 0.25) is 0 Å². The molecule has 64 valence electrons. The topological polar surface area (TPSA) is 28.7 Å². The Morgan fingerprint density at radius 1 is 1.38 bits per heavy atom. The number of H-pyrrole nitrogens is 1. The fraction of sp³-hybridized carbons (Fsp3) is 0. The van der Waals surface area contributed by atoms with Crippen LogP contribution < -0.4 is 0 Å². The molecule has 3 aromatic rings. The molecule has 3 aromatic heterocycles. The van der Waals surface area contributed by atoms with Crippen molar-refractivity contribution < 1.29 is 0 Å². The summed E-state index contributed by atoms with van der Waals surface area (Å²) in [4.78, 5) is 7.69. The highest BCUT2D eigenvalue weighted by molar-refractivity contribution is 9.10. The van der Waals surface area contributed by atoms with Crippen molar-refractivity contribution in [2.45, 2.75) is 0 Å². The first-order valence-electron chi connectivity index (χ1n) is 3.85. The maximum absolute atomic E-state index is 4.37. The van der Waals surface area contributed by atoms with E-state index in [1.54, 1.807) is 11.3 Å². The predicted octanol–water partition coefficient (Wildman–Crippen LogP) is 3.54. The number of hydrogen-bond donors (Lipinski definition) is 1. The zero-order chi connectivity index (χ0) is 8.84. The van der Waals surface area contributed by atoms with Crippen molar-refractivity contribution in [1.29, 1.82) is 0 Å². The third kappa shape index (κ3) is 1.02. The molecule has 0 bridgehead atoms. The summed E-state index contributed by atoms with van der Waals surface area (Å²) in [5.41, 5.74) is 3.33. The summed E-state index contributed by atoms with van der Waals surface area (Å²) < 4.78 is 2.25. The van der Waals surface area contributed by atoms with Crippen LogP contribution in [0.4, 0.5) is 0 Å². The van der Waals surface area contributed by atoms with Crippen LogP contribution >= 0.6 is 27.3 Å². The lowest BCUT2D eigenvalue weighted by Crippen LogP contribution is -1.73. The fourth-order valence-electron chi connectivity index (χ4n) is 1.45. The van der Waals surface area contributed by atoms with Gasteiger partial charge in [-0.05, 0) is 33.4 Å². The summed E-state index contributed by atoms with van der Waals surface area (Å²) >= 11 is 5.12. The summed E-state index contributed by atoms with van der Waals surface area (Å²) in [6, 6.07) is 4.13. The number of aromatic nitrogens is 2. The molecule has 0 spiro atoms. The van der Waals surface area contributed by atoms with Gasteiger partial charge in [-0.1, -0.05) is 0 Å². The lowest BCUT2D eigenvalue weighted by Gasteiger charge is -1.89. The van der Waals surface area contributed by atoms with Crippen LogP contribution in [0, 0.1) is 0 Å². The molecule has 0 aromatic carbocycles. The average Bonchev–Trinajstić information content (AvgIpc) is 2.62. The zero-order valence-corrected chi connectivity index (χ0v) is 8.95. The standard InChI is InChI=1S/C9H5BrN2S/c10-5-3-7-8(11-4-5)9-6(12-7)1-2-13-9/h1-4,12H. The second-order valence-electron chi connectivity index (χ2n) is 2.84. The van der Waals surface area contributed by atoms with E-state index in [0.717, 1.165) is 15.5 Å². The van der Waals surface area contributed by atoms with Crippen molar-refractivity contribution >= 4 is 48.5 Å². The van der Waals surface area contributed by atoms with Gasteiger partial charge in [-0.15, -0.1) is 11.3 Å². The van der Waals surface area contributed by atoms with E-state index in [0.29, 0.717) is 0 Å². The molecule has 0 aliphatic rings. The van der Waals surface area contributed by atoms with Crippen LogP contribution in [0.15, 0.2) is 28.2 Å². The van der Waals surface area contributed by atoms with Gasteiger partial charge in [0.1, 0.15) is 5.52 Å². The third-order valence-electron chi connectivity index (χ3n) is 2.00. The van der Waals surface area contributed by atoms with Crippen molar-refractivity contribution in [2.75, 3.05) is 0 Å². The summed E-state index contributed by atoms with van der Waals surface area (Å²) in [6.45, 7) is 0. The van der Waals surface area contributed by atoms with Crippen molar-refractivity contribution in [3.8, 4) is 0 Å². The van der Waals surface area contributed by atoms with Crippen LogP contribution in [0.25, 0.3) is 21.3 Å². The van der Waals surface area contributed by atoms with Gasteiger partial charge in [-0.2, -0.15) is 0 Å². The van der Waals surface area contributed by atoms with Gasteiger partial charge >= 0.3 is 0 Å². The lowest BCUT2D eigenvalue weighted by atomic mass is 10.4. The number of aromatic amines is 1. The van der Waals surface area contributed by atoms with Gasteiger partial charge in [-0.25, -0.2) is 0 Å². The normalized spacial score (nSPS) is 11.5. The summed E-state index contributed by atoms with van der Waals surface area (Å²) in [5, 5.41) is 2.07. The molecule has 0 saturated heterocycles. The molecule has 0 amide bonds. The Morgan fingerprint density at radius 2 is 2.31 bits per heavy atom. The highest BCUT2D eigenvalue weighted by Gasteiger charge is 2.05. The van der Waals surface area contributed by atoms with Gasteiger partial charge < -0.3 is 4.98 Å². The molecular weight excluding hydrogens is 248 g/mol. The largest absolute Gasteiger partial charge is 0.352 e. The van der Waals surface area contributed by atoms with Gasteiger partial charge in [0.25, 0.3) is 0 Å². The second-order valence-corrected chi connectivity index (χ2v) is 4.67. The summed E-state index contributed by atoms with van der Waals surface area (Å²) in [7, 11) is 0. The van der Waals surface area contributed by atoms with Crippen molar-refractivity contribution in [3.05, 3.63) is 28.2 Å². The van der Waals surface area contributed by atoms with Gasteiger partial charge in [0, 0.05) is 10.7 Å². The van der Waals surface area contributed by atoms with E-state index in [1.165, 1.54) is 10.2 Å². The Morgan fingerprint density at radius 3 is 3.23 bits per heavy atom. The number of pyridine rings is 1. The molecule has 0 aliphatic carbocycles. The number of nitrogens with one attached hydrogen (secondary N) is 1. The zero-order valence-electron chi connectivity index (χ0n) is 6.54. The first kappa shape index (κ1) is 7.53. The highest BCUT2D eigenvalue weighted by Crippen LogP contribution is 2.29. The molecule has 0 atom stereocenters. The molecule has 0 aliphatic heterocycles. The predicted molar refractivity (Wildman–Crippen MR) is 59.2 cm³/mol. The number of fused-ring (bicyclic) bond motifs is 3. The second kappa shape index (κ2) is 2.56. The van der Waals surface area contributed by atoms with E-state index in [2.05, 4.69) is 43.4 Å². The minimum atomic E-state index is 1.01. The summed E-state index contributed by atoms with van der Waals surface area (Å²) in [5.74, 6) is 0. The Hall–Kier alpha value is -0.870. The van der Waals surface area contributed by atoms with Crippen LogP contribution in [0.1, 0.15) is 0 Å².